The molecule has 1 fully saturated rings. The Morgan fingerprint density at radius 2 is 1.82 bits per heavy atom. The van der Waals surface area contributed by atoms with Crippen LogP contribution in [0.2, 0.25) is 14.8 Å². The number of rotatable bonds is 7. The molecule has 1 aliphatic heterocycles. The van der Waals surface area contributed by atoms with Crippen molar-refractivity contribution in [3.63, 3.8) is 0 Å². The van der Waals surface area contributed by atoms with Crippen LogP contribution in [0.4, 0.5) is 5.82 Å². The van der Waals surface area contributed by atoms with E-state index in [9.17, 15) is 4.79 Å². The van der Waals surface area contributed by atoms with Crippen LogP contribution in [0.25, 0.3) is 0 Å². The van der Waals surface area contributed by atoms with E-state index in [1.807, 2.05) is 30.0 Å². The van der Waals surface area contributed by atoms with Crippen LogP contribution >= 0.6 is 0 Å². The zero-order valence-corrected chi connectivity index (χ0v) is 23.1. The molecular weight excluding hydrogens is 517 g/mol. The molecule has 2 aromatic heterocycles. The number of amides is 1. The second kappa shape index (κ2) is 10.4. The Kier molecular flexibility index (Phi) is 7.59. The van der Waals surface area contributed by atoms with Crippen LogP contribution in [0.15, 0.2) is 65.3 Å². The van der Waals surface area contributed by atoms with E-state index in [0.29, 0.717) is 11.6 Å². The number of furan rings is 1. The molecule has 1 aromatic carbocycles. The van der Waals surface area contributed by atoms with E-state index in [4.69, 9.17) is 4.42 Å². The number of pyridine rings is 1. The molecule has 0 atom stereocenters. The van der Waals surface area contributed by atoms with Gasteiger partial charge >= 0.3 is 177 Å². The molecule has 1 saturated heterocycles. The third-order valence-electron chi connectivity index (χ3n) is 6.52. The van der Waals surface area contributed by atoms with E-state index in [0.717, 1.165) is 44.6 Å². The molecule has 5 nitrogen and oxygen atoms in total. The molecule has 3 heterocycles. The van der Waals surface area contributed by atoms with Gasteiger partial charge in [0.2, 0.25) is 0 Å². The van der Waals surface area contributed by atoms with E-state index >= 15 is 0 Å². The van der Waals surface area contributed by atoms with Crippen LogP contribution in [-0.2, 0) is 6.42 Å². The fourth-order valence-corrected chi connectivity index (χ4v) is 9.83. The Bertz CT molecular complexity index is 1070. The first-order chi connectivity index (χ1) is 15.8. The third-order valence-corrected chi connectivity index (χ3v) is 12.5. The second-order valence-corrected chi connectivity index (χ2v) is 24.4. The molecule has 174 valence electrons. The van der Waals surface area contributed by atoms with Gasteiger partial charge in [0.05, 0.1) is 6.26 Å². The molecule has 0 saturated carbocycles. The summed E-state index contributed by atoms with van der Waals surface area (Å²) in [5.41, 5.74) is 2.44. The van der Waals surface area contributed by atoms with E-state index < -0.39 is 18.4 Å². The van der Waals surface area contributed by atoms with Gasteiger partial charge in [-0.3, -0.25) is 0 Å². The third kappa shape index (κ3) is 5.87. The average molecular weight is 552 g/mol. The first-order valence-electron chi connectivity index (χ1n) is 11.9. The normalized spacial score (nSPS) is 15.5. The predicted molar refractivity (Wildman–Crippen MR) is 137 cm³/mol. The van der Waals surface area contributed by atoms with Gasteiger partial charge in [-0.1, -0.05) is 0 Å². The number of anilines is 1. The Morgan fingerprint density at radius 1 is 1.06 bits per heavy atom. The molecule has 0 radical (unpaired) electrons. The Hall–Kier alpha value is -2.12. The number of aromatic nitrogens is 1. The molecule has 4 rings (SSSR count). The molecule has 0 unspecified atom stereocenters. The van der Waals surface area contributed by atoms with E-state index in [-0.39, 0.29) is 11.9 Å². The van der Waals surface area contributed by atoms with Crippen molar-refractivity contribution < 1.29 is 9.21 Å². The molecule has 3 aromatic rings. The molecule has 6 heteroatoms. The SMILES string of the molecule is Cc1cccc(N(C(=O)c2ccco2)C2CCN(CCc3cccc[c]3[Sn]([CH3])([CH3])[CH3])CC2)n1. The van der Waals surface area contributed by atoms with Gasteiger partial charge in [0.15, 0.2) is 0 Å². The number of benzene rings is 1. The molecule has 0 N–H and O–H groups in total. The summed E-state index contributed by atoms with van der Waals surface area (Å²) in [4.78, 5) is 29.9. The van der Waals surface area contributed by atoms with Gasteiger partial charge in [0.1, 0.15) is 0 Å². The maximum absolute atomic E-state index is 13.3. The Balaban J connectivity index is 1.43. The fraction of sp³-hybridized carbons (Fsp3) is 0.407. The van der Waals surface area contributed by atoms with E-state index in [1.54, 1.807) is 22.0 Å². The first kappa shape index (κ1) is 24.0. The summed E-state index contributed by atoms with van der Waals surface area (Å²) in [6.07, 6.45) is 4.52. The summed E-state index contributed by atoms with van der Waals surface area (Å²) in [6, 6.07) is 18.5. The van der Waals surface area contributed by atoms with Gasteiger partial charge in [-0.05, 0) is 19.1 Å². The van der Waals surface area contributed by atoms with E-state index in [1.165, 1.54) is 5.56 Å². The minimum atomic E-state index is -2.12. The van der Waals surface area contributed by atoms with Crippen molar-refractivity contribution in [2.24, 2.45) is 0 Å². The van der Waals surface area contributed by atoms with E-state index in [2.05, 4.69) is 49.0 Å². The number of carbonyl (C=O) groups excluding carboxylic acids is 1. The van der Waals surface area contributed by atoms with Gasteiger partial charge < -0.3 is 0 Å². The predicted octanol–water partition coefficient (Wildman–Crippen LogP) is 4.88. The number of likely N-dealkylation sites (tertiary alicyclic amines) is 1. The van der Waals surface area contributed by atoms with Crippen molar-refractivity contribution in [1.29, 1.82) is 0 Å². The zero-order valence-electron chi connectivity index (χ0n) is 20.3. The van der Waals surface area contributed by atoms with Crippen molar-refractivity contribution in [2.45, 2.75) is 47.0 Å². The van der Waals surface area contributed by atoms with Crippen molar-refractivity contribution in [3.8, 4) is 0 Å². The summed E-state index contributed by atoms with van der Waals surface area (Å²) < 4.78 is 7.08. The number of aryl methyl sites for hydroxylation is 1. The maximum atomic E-state index is 13.3. The summed E-state index contributed by atoms with van der Waals surface area (Å²) >= 11 is -2.12. The van der Waals surface area contributed by atoms with Crippen LogP contribution < -0.4 is 8.48 Å². The molecule has 1 aliphatic rings. The average Bonchev–Trinajstić information content (AvgIpc) is 3.33. The molecule has 0 spiro atoms. The fourth-order valence-electron chi connectivity index (χ4n) is 4.79. The summed E-state index contributed by atoms with van der Waals surface area (Å²) in [5, 5.41) is 0. The van der Waals surface area contributed by atoms with Gasteiger partial charge in [-0.25, -0.2) is 0 Å². The second-order valence-electron chi connectivity index (χ2n) is 10.0. The number of nitrogens with zero attached hydrogens (tertiary/aromatic N) is 3. The van der Waals surface area contributed by atoms with Crippen LogP contribution in [0.1, 0.15) is 34.7 Å². The quantitative estimate of drug-likeness (QED) is 0.393. The van der Waals surface area contributed by atoms with Crippen LogP contribution in [0, 0.1) is 6.92 Å². The molecule has 0 aliphatic carbocycles. The number of piperidine rings is 1. The van der Waals surface area contributed by atoms with Crippen LogP contribution in [-0.4, -0.2) is 59.8 Å². The zero-order chi connectivity index (χ0) is 23.4. The van der Waals surface area contributed by atoms with Crippen LogP contribution in [0.3, 0.4) is 0 Å². The Morgan fingerprint density at radius 3 is 2.48 bits per heavy atom. The van der Waals surface area contributed by atoms with Crippen molar-refractivity contribution >= 4 is 33.7 Å². The Labute approximate surface area is 201 Å². The summed E-state index contributed by atoms with van der Waals surface area (Å²) in [6.45, 7) is 5.00. The van der Waals surface area contributed by atoms with Gasteiger partial charge in [0.25, 0.3) is 0 Å². The molecule has 1 amide bonds. The van der Waals surface area contributed by atoms with Crippen molar-refractivity contribution in [2.75, 3.05) is 24.5 Å². The topological polar surface area (TPSA) is 49.6 Å². The number of hydrogen-bond donors (Lipinski definition) is 0. The monoisotopic (exact) mass is 553 g/mol. The summed E-state index contributed by atoms with van der Waals surface area (Å²) in [5.74, 6) is 0.968. The van der Waals surface area contributed by atoms with Crippen molar-refractivity contribution in [1.82, 2.24) is 9.88 Å². The first-order valence-corrected chi connectivity index (χ1v) is 21.9. The number of carbonyl (C=O) groups is 1. The standard InChI is InChI=1S/C24H26N3O2.3CH3.Sn/c1-19-7-5-11-23(25-19)27(24(28)22-10-6-18-29-22)21-13-16-26(17-14-21)15-12-20-8-3-2-4-9-20;;;;/h2-8,10-11,18,21H,12-17H2,1H3;3*1H3;. The molecule has 33 heavy (non-hydrogen) atoms. The van der Waals surface area contributed by atoms with Crippen LogP contribution in [0.5, 0.6) is 0 Å². The molecule has 0 bridgehead atoms. The van der Waals surface area contributed by atoms with Gasteiger partial charge in [-0.15, -0.1) is 0 Å². The summed E-state index contributed by atoms with van der Waals surface area (Å²) in [7, 11) is 0. The van der Waals surface area contributed by atoms with Gasteiger partial charge in [0, 0.05) is 0 Å². The molecular formula is C27H35N3O2Sn. The number of hydrogen-bond acceptors (Lipinski definition) is 4. The minimum absolute atomic E-state index is 0.108. The van der Waals surface area contributed by atoms with Crippen molar-refractivity contribution in [3.05, 3.63) is 77.9 Å². The van der Waals surface area contributed by atoms with Gasteiger partial charge in [-0.2, -0.15) is 0 Å².